The second kappa shape index (κ2) is 9.30. The molecule has 1 saturated heterocycles. The quantitative estimate of drug-likeness (QED) is 0.648. The fraction of sp³-hybridized carbons (Fsp3) is 0.364. The van der Waals surface area contributed by atoms with Gasteiger partial charge in [0.05, 0.1) is 16.2 Å². The number of hydrogen-bond donors (Lipinski definition) is 2. The number of nitrogens with zero attached hydrogens (tertiary/aromatic N) is 1. The molecule has 164 valence electrons. The molecule has 31 heavy (non-hydrogen) atoms. The number of nitrogen functional groups attached to an aromatic ring is 1. The highest BCUT2D eigenvalue weighted by molar-refractivity contribution is 6.56. The van der Waals surface area contributed by atoms with Crippen LogP contribution in [-0.2, 0) is 20.7 Å². The predicted octanol–water partition coefficient (Wildman–Crippen LogP) is 4.26. The van der Waals surface area contributed by atoms with E-state index >= 15 is 0 Å². The predicted molar refractivity (Wildman–Crippen MR) is 122 cm³/mol. The summed E-state index contributed by atoms with van der Waals surface area (Å²) in [4.78, 5) is 16.3. The Kier molecular flexibility index (Phi) is 6.94. The van der Waals surface area contributed by atoms with Crippen molar-refractivity contribution in [1.29, 1.82) is 0 Å². The van der Waals surface area contributed by atoms with Crippen LogP contribution in [0.4, 0.5) is 10.6 Å². The summed E-state index contributed by atoms with van der Waals surface area (Å²) < 4.78 is 17.6. The lowest BCUT2D eigenvalue weighted by molar-refractivity contribution is 0.00578. The Morgan fingerprint density at radius 3 is 2.48 bits per heavy atom. The van der Waals surface area contributed by atoms with E-state index in [2.05, 4.69) is 10.3 Å². The van der Waals surface area contributed by atoms with Crippen LogP contribution in [-0.4, -0.2) is 35.9 Å². The average Bonchev–Trinajstić information content (AvgIpc) is 2.93. The molecule has 3 rings (SSSR count). The highest BCUT2D eigenvalue weighted by Crippen LogP contribution is 2.39. The first-order valence-corrected chi connectivity index (χ1v) is 10.4. The number of ether oxygens (including phenoxy) is 1. The van der Waals surface area contributed by atoms with Crippen LogP contribution in [0.15, 0.2) is 48.1 Å². The van der Waals surface area contributed by atoms with Gasteiger partial charge in [-0.05, 0) is 44.8 Å². The van der Waals surface area contributed by atoms with E-state index in [1.165, 1.54) is 0 Å². The zero-order valence-corrected chi connectivity index (χ0v) is 18.9. The third kappa shape index (κ3) is 5.78. The number of alkyl carbamates (subject to hydrolysis) is 1. The van der Waals surface area contributed by atoms with Gasteiger partial charge in [0.2, 0.25) is 0 Å². The molecule has 3 N–H and O–H groups in total. The first-order valence-electron chi connectivity index (χ1n) is 9.99. The van der Waals surface area contributed by atoms with Gasteiger partial charge in [-0.25, -0.2) is 9.78 Å². The van der Waals surface area contributed by atoms with Gasteiger partial charge in [0.1, 0.15) is 12.4 Å². The van der Waals surface area contributed by atoms with E-state index in [0.29, 0.717) is 21.9 Å². The van der Waals surface area contributed by atoms with Crippen molar-refractivity contribution in [3.8, 4) is 0 Å². The van der Waals surface area contributed by atoms with Crippen molar-refractivity contribution in [2.45, 2.75) is 45.5 Å². The number of benzene rings is 1. The second-order valence-electron chi connectivity index (χ2n) is 8.35. The van der Waals surface area contributed by atoms with Crippen molar-refractivity contribution in [1.82, 2.24) is 10.3 Å². The summed E-state index contributed by atoms with van der Waals surface area (Å²) in [7, 11) is -0.673. The summed E-state index contributed by atoms with van der Waals surface area (Å²) in [6, 6.07) is 11.0. The summed E-state index contributed by atoms with van der Waals surface area (Å²) in [5.41, 5.74) is 6.84. The summed E-state index contributed by atoms with van der Waals surface area (Å²) in [5.74, 6) is 0.321. The lowest BCUT2D eigenvalue weighted by atomic mass is 9.77. The lowest BCUT2D eigenvalue weighted by Crippen LogP contribution is -2.41. The minimum atomic E-state index is -0.673. The van der Waals surface area contributed by atoms with E-state index in [1.54, 1.807) is 18.3 Å². The number of anilines is 1. The Bertz CT molecular complexity index is 950. The smallest absolute Gasteiger partial charge is 0.445 e. The van der Waals surface area contributed by atoms with Crippen molar-refractivity contribution in [3.63, 3.8) is 0 Å². The van der Waals surface area contributed by atoms with Crippen LogP contribution >= 0.6 is 11.6 Å². The number of amides is 1. The molecule has 0 saturated carbocycles. The van der Waals surface area contributed by atoms with Gasteiger partial charge < -0.3 is 25.1 Å². The maximum Gasteiger partial charge on any atom is 0.492 e. The molecule has 0 aliphatic carbocycles. The number of nitrogens with one attached hydrogen (secondary N) is 1. The van der Waals surface area contributed by atoms with Crippen molar-refractivity contribution >= 4 is 36.7 Å². The number of pyridine rings is 1. The van der Waals surface area contributed by atoms with Gasteiger partial charge in [0.25, 0.3) is 0 Å². The molecule has 0 bridgehead atoms. The largest absolute Gasteiger partial charge is 0.492 e. The number of nitrogens with two attached hydrogens (primary N) is 1. The molecule has 1 aromatic carbocycles. The van der Waals surface area contributed by atoms with Crippen LogP contribution in [0.25, 0.3) is 6.08 Å². The number of aromatic nitrogens is 1. The average molecular weight is 444 g/mol. The molecule has 1 aliphatic rings. The second-order valence-corrected chi connectivity index (χ2v) is 8.76. The van der Waals surface area contributed by atoms with E-state index in [9.17, 15) is 4.79 Å². The van der Waals surface area contributed by atoms with Crippen molar-refractivity contribution in [2.75, 3.05) is 12.3 Å². The Hall–Kier alpha value is -2.55. The first-order chi connectivity index (χ1) is 14.6. The normalized spacial score (nSPS) is 17.5. The Morgan fingerprint density at radius 2 is 1.87 bits per heavy atom. The molecule has 0 radical (unpaired) electrons. The van der Waals surface area contributed by atoms with Crippen LogP contribution < -0.4 is 11.1 Å². The molecule has 0 unspecified atom stereocenters. The lowest BCUT2D eigenvalue weighted by Gasteiger charge is -2.32. The molecule has 7 nitrogen and oxygen atoms in total. The number of carbonyl (C=O) groups excluding carboxylic acids is 1. The van der Waals surface area contributed by atoms with Crippen LogP contribution in [0.1, 0.15) is 38.8 Å². The molecule has 9 heteroatoms. The van der Waals surface area contributed by atoms with Gasteiger partial charge >= 0.3 is 13.2 Å². The maximum atomic E-state index is 12.3. The van der Waals surface area contributed by atoms with Crippen LogP contribution in [0, 0.1) is 0 Å². The molecule has 1 amide bonds. The standard InChI is InChI=1S/C22H27BClN3O4/c1-21(2)22(3,4)31-23(30-21)17(10-16-12-26-19(25)11-18(16)24)13-27-20(28)29-14-15-8-6-5-7-9-15/h5-12H,13-14H2,1-4H3,(H2,25,26)(H,27,28). The van der Waals surface area contributed by atoms with E-state index in [0.717, 1.165) is 5.56 Å². The summed E-state index contributed by atoms with van der Waals surface area (Å²) in [5, 5.41) is 3.20. The fourth-order valence-corrected chi connectivity index (χ4v) is 3.12. The zero-order valence-electron chi connectivity index (χ0n) is 18.1. The van der Waals surface area contributed by atoms with Crippen molar-refractivity contribution in [2.24, 2.45) is 0 Å². The third-order valence-corrected chi connectivity index (χ3v) is 5.78. The van der Waals surface area contributed by atoms with Crippen LogP contribution in [0.2, 0.25) is 5.02 Å². The van der Waals surface area contributed by atoms with E-state index in [4.69, 9.17) is 31.4 Å². The van der Waals surface area contributed by atoms with Crippen molar-refractivity contribution in [3.05, 3.63) is 64.2 Å². The summed E-state index contributed by atoms with van der Waals surface area (Å²) in [6.07, 6.45) is 2.80. The first kappa shape index (κ1) is 23.1. The molecule has 1 aliphatic heterocycles. The Morgan fingerprint density at radius 1 is 1.23 bits per heavy atom. The minimum absolute atomic E-state index is 0.144. The molecule has 0 spiro atoms. The van der Waals surface area contributed by atoms with Crippen LogP contribution in [0.3, 0.4) is 0 Å². The molecule has 1 fully saturated rings. The molecule has 1 aromatic heterocycles. The van der Waals surface area contributed by atoms with Crippen LogP contribution in [0.5, 0.6) is 0 Å². The van der Waals surface area contributed by atoms with Gasteiger partial charge in [-0.1, -0.05) is 48.0 Å². The molecular weight excluding hydrogens is 417 g/mol. The number of rotatable bonds is 6. The third-order valence-electron chi connectivity index (χ3n) is 5.45. The Labute approximate surface area is 188 Å². The van der Waals surface area contributed by atoms with Gasteiger partial charge in [-0.3, -0.25) is 0 Å². The van der Waals surface area contributed by atoms with Crippen molar-refractivity contribution < 1.29 is 18.8 Å². The van der Waals surface area contributed by atoms with Gasteiger partial charge in [0, 0.05) is 18.3 Å². The molecule has 0 atom stereocenters. The number of hydrogen-bond acceptors (Lipinski definition) is 6. The number of carbonyl (C=O) groups is 1. The Balaban J connectivity index is 1.74. The zero-order chi connectivity index (χ0) is 22.6. The van der Waals surface area contributed by atoms with Gasteiger partial charge in [-0.15, -0.1) is 0 Å². The van der Waals surface area contributed by atoms with E-state index in [-0.39, 0.29) is 13.2 Å². The van der Waals surface area contributed by atoms with E-state index in [1.807, 2.05) is 58.0 Å². The fourth-order valence-electron chi connectivity index (χ4n) is 2.91. The topological polar surface area (TPSA) is 95.7 Å². The summed E-state index contributed by atoms with van der Waals surface area (Å²) >= 11 is 6.31. The highest BCUT2D eigenvalue weighted by atomic mass is 35.5. The molecular formula is C22H27BClN3O4. The van der Waals surface area contributed by atoms with Gasteiger partial charge in [0.15, 0.2) is 0 Å². The molecule has 2 aromatic rings. The highest BCUT2D eigenvalue weighted by Gasteiger charge is 2.52. The van der Waals surface area contributed by atoms with Gasteiger partial charge in [-0.2, -0.15) is 0 Å². The maximum absolute atomic E-state index is 12.3. The summed E-state index contributed by atoms with van der Waals surface area (Å²) in [6.45, 7) is 8.17. The molecule has 2 heterocycles. The SMILES string of the molecule is CC1(C)OB(C(=Cc2cnc(N)cc2Cl)CNC(=O)OCc2ccccc2)OC1(C)C. The monoisotopic (exact) mass is 443 g/mol. The van der Waals surface area contributed by atoms with E-state index < -0.39 is 24.4 Å². The number of halogens is 1. The minimum Gasteiger partial charge on any atom is -0.445 e.